The van der Waals surface area contributed by atoms with E-state index in [9.17, 15) is 9.59 Å². The first kappa shape index (κ1) is 13.3. The number of hydrogen-bond acceptors (Lipinski definition) is 4. The molecule has 0 aromatic heterocycles. The van der Waals surface area contributed by atoms with E-state index >= 15 is 0 Å². The van der Waals surface area contributed by atoms with Crippen LogP contribution in [-0.4, -0.2) is 74.1 Å². The molecule has 0 aromatic rings. The summed E-state index contributed by atoms with van der Waals surface area (Å²) in [6, 6.07) is 0. The lowest BCUT2D eigenvalue weighted by Crippen LogP contribution is -2.52. The quantitative estimate of drug-likeness (QED) is 0.647. The molecule has 6 heteroatoms. The zero-order chi connectivity index (χ0) is 13.0. The standard InChI is InChI=1S/C12H21N3O3/c1-14-4-6-15(7-5-14)12(17)11(16)13-9-10-3-2-8-18-10/h10H,2-9H2,1H3,(H,13,16). The van der Waals surface area contributed by atoms with E-state index < -0.39 is 11.8 Å². The zero-order valence-electron chi connectivity index (χ0n) is 10.9. The summed E-state index contributed by atoms with van der Waals surface area (Å²) in [6.07, 6.45) is 2.07. The lowest BCUT2D eigenvalue weighted by molar-refractivity contribution is -0.147. The van der Waals surface area contributed by atoms with Gasteiger partial charge in [-0.3, -0.25) is 9.59 Å². The number of carbonyl (C=O) groups excluding carboxylic acids is 2. The zero-order valence-corrected chi connectivity index (χ0v) is 10.9. The number of nitrogens with zero attached hydrogens (tertiary/aromatic N) is 2. The Hall–Kier alpha value is -1.14. The average molecular weight is 255 g/mol. The largest absolute Gasteiger partial charge is 0.376 e. The Labute approximate surface area is 107 Å². The molecule has 2 aliphatic rings. The molecular formula is C12H21N3O3. The number of rotatable bonds is 2. The maximum absolute atomic E-state index is 11.9. The lowest BCUT2D eigenvalue weighted by atomic mass is 10.2. The van der Waals surface area contributed by atoms with E-state index in [0.717, 1.165) is 32.5 Å². The van der Waals surface area contributed by atoms with Crippen LogP contribution < -0.4 is 5.32 Å². The van der Waals surface area contributed by atoms with E-state index in [0.29, 0.717) is 19.6 Å². The molecule has 2 rings (SSSR count). The monoisotopic (exact) mass is 255 g/mol. The van der Waals surface area contributed by atoms with Crippen LogP contribution in [0.4, 0.5) is 0 Å². The molecule has 2 heterocycles. The predicted octanol–water partition coefficient (Wildman–Crippen LogP) is -0.944. The summed E-state index contributed by atoms with van der Waals surface area (Å²) in [5.41, 5.74) is 0. The summed E-state index contributed by atoms with van der Waals surface area (Å²) in [5, 5.41) is 2.66. The van der Waals surface area contributed by atoms with Gasteiger partial charge in [0, 0.05) is 39.3 Å². The van der Waals surface area contributed by atoms with Gasteiger partial charge < -0.3 is 19.9 Å². The maximum Gasteiger partial charge on any atom is 0.311 e. The molecule has 2 amide bonds. The van der Waals surface area contributed by atoms with Gasteiger partial charge in [0.1, 0.15) is 0 Å². The van der Waals surface area contributed by atoms with Gasteiger partial charge in [0.25, 0.3) is 0 Å². The van der Waals surface area contributed by atoms with E-state index in [1.165, 1.54) is 0 Å². The summed E-state index contributed by atoms with van der Waals surface area (Å²) in [4.78, 5) is 27.3. The van der Waals surface area contributed by atoms with Crippen molar-refractivity contribution in [1.29, 1.82) is 0 Å². The van der Waals surface area contributed by atoms with Crippen molar-refractivity contribution >= 4 is 11.8 Å². The van der Waals surface area contributed by atoms with E-state index in [-0.39, 0.29) is 6.10 Å². The number of carbonyl (C=O) groups is 2. The van der Waals surface area contributed by atoms with Gasteiger partial charge in [0.15, 0.2) is 0 Å². The van der Waals surface area contributed by atoms with Gasteiger partial charge in [-0.15, -0.1) is 0 Å². The van der Waals surface area contributed by atoms with Crippen LogP contribution in [0.3, 0.4) is 0 Å². The highest BCUT2D eigenvalue weighted by molar-refractivity contribution is 6.35. The second-order valence-electron chi connectivity index (χ2n) is 4.94. The third kappa shape index (κ3) is 3.43. The minimum Gasteiger partial charge on any atom is -0.376 e. The van der Waals surface area contributed by atoms with Gasteiger partial charge in [0.05, 0.1) is 6.10 Å². The van der Waals surface area contributed by atoms with Crippen LogP contribution in [0.2, 0.25) is 0 Å². The number of likely N-dealkylation sites (N-methyl/N-ethyl adjacent to an activating group) is 1. The maximum atomic E-state index is 11.9. The van der Waals surface area contributed by atoms with Crippen LogP contribution in [-0.2, 0) is 14.3 Å². The van der Waals surface area contributed by atoms with E-state index in [2.05, 4.69) is 10.2 Å². The molecule has 0 saturated carbocycles. The normalized spacial score (nSPS) is 25.2. The van der Waals surface area contributed by atoms with E-state index in [1.807, 2.05) is 7.05 Å². The third-order valence-electron chi connectivity index (χ3n) is 3.50. The molecule has 2 fully saturated rings. The smallest absolute Gasteiger partial charge is 0.311 e. The number of hydrogen-bond donors (Lipinski definition) is 1. The number of nitrogens with one attached hydrogen (secondary N) is 1. The van der Waals surface area contributed by atoms with Crippen LogP contribution in [0.5, 0.6) is 0 Å². The van der Waals surface area contributed by atoms with Gasteiger partial charge >= 0.3 is 11.8 Å². The molecule has 0 radical (unpaired) electrons. The van der Waals surface area contributed by atoms with Gasteiger partial charge in [-0.05, 0) is 19.9 Å². The Bertz CT molecular complexity index is 308. The third-order valence-corrected chi connectivity index (χ3v) is 3.50. The van der Waals surface area contributed by atoms with Crippen molar-refractivity contribution in [2.45, 2.75) is 18.9 Å². The highest BCUT2D eigenvalue weighted by Gasteiger charge is 2.25. The van der Waals surface area contributed by atoms with Crippen LogP contribution in [0.25, 0.3) is 0 Å². The summed E-state index contributed by atoms with van der Waals surface area (Å²) >= 11 is 0. The Morgan fingerprint density at radius 2 is 2.00 bits per heavy atom. The Morgan fingerprint density at radius 3 is 2.61 bits per heavy atom. The SMILES string of the molecule is CN1CCN(C(=O)C(=O)NCC2CCCO2)CC1. The first-order valence-electron chi connectivity index (χ1n) is 6.54. The van der Waals surface area contributed by atoms with Crippen LogP contribution >= 0.6 is 0 Å². The summed E-state index contributed by atoms with van der Waals surface area (Å²) in [7, 11) is 2.01. The van der Waals surface area contributed by atoms with E-state index in [4.69, 9.17) is 4.74 Å². The molecule has 0 spiro atoms. The van der Waals surface area contributed by atoms with Crippen molar-refractivity contribution in [3.63, 3.8) is 0 Å². The first-order valence-corrected chi connectivity index (χ1v) is 6.54. The summed E-state index contributed by atoms with van der Waals surface area (Å²) in [6.45, 7) is 4.10. The fourth-order valence-corrected chi connectivity index (χ4v) is 2.24. The second kappa shape index (κ2) is 6.15. The first-order chi connectivity index (χ1) is 8.66. The fourth-order valence-electron chi connectivity index (χ4n) is 2.24. The highest BCUT2D eigenvalue weighted by Crippen LogP contribution is 2.10. The van der Waals surface area contributed by atoms with Crippen LogP contribution in [0.1, 0.15) is 12.8 Å². The lowest BCUT2D eigenvalue weighted by Gasteiger charge is -2.31. The molecule has 1 unspecified atom stereocenters. The molecule has 2 aliphatic heterocycles. The highest BCUT2D eigenvalue weighted by atomic mass is 16.5. The van der Waals surface area contributed by atoms with Gasteiger partial charge in [-0.25, -0.2) is 0 Å². The van der Waals surface area contributed by atoms with Crippen molar-refractivity contribution in [3.8, 4) is 0 Å². The van der Waals surface area contributed by atoms with Crippen LogP contribution in [0.15, 0.2) is 0 Å². The van der Waals surface area contributed by atoms with Gasteiger partial charge in [-0.1, -0.05) is 0 Å². The van der Waals surface area contributed by atoms with Crippen molar-refractivity contribution in [1.82, 2.24) is 15.1 Å². The molecule has 1 atom stereocenters. The second-order valence-corrected chi connectivity index (χ2v) is 4.94. The van der Waals surface area contributed by atoms with E-state index in [1.54, 1.807) is 4.90 Å². The minimum atomic E-state index is -0.505. The molecule has 102 valence electrons. The minimum absolute atomic E-state index is 0.0780. The van der Waals surface area contributed by atoms with Crippen LogP contribution in [0, 0.1) is 0 Å². The number of amides is 2. The van der Waals surface area contributed by atoms with Gasteiger partial charge in [-0.2, -0.15) is 0 Å². The molecule has 0 bridgehead atoms. The summed E-state index contributed by atoms with van der Waals surface area (Å²) in [5.74, 6) is -0.920. The number of ether oxygens (including phenoxy) is 1. The molecule has 6 nitrogen and oxygen atoms in total. The number of piperazine rings is 1. The molecular weight excluding hydrogens is 234 g/mol. The van der Waals surface area contributed by atoms with Crippen molar-refractivity contribution in [2.24, 2.45) is 0 Å². The summed E-state index contributed by atoms with van der Waals surface area (Å²) < 4.78 is 5.40. The molecule has 0 aliphatic carbocycles. The Morgan fingerprint density at radius 1 is 1.28 bits per heavy atom. The Balaban J connectivity index is 1.72. The average Bonchev–Trinajstić information content (AvgIpc) is 2.89. The molecule has 2 saturated heterocycles. The van der Waals surface area contributed by atoms with Gasteiger partial charge in [0.2, 0.25) is 0 Å². The molecule has 1 N–H and O–H groups in total. The molecule has 18 heavy (non-hydrogen) atoms. The Kier molecular flexibility index (Phi) is 4.54. The fraction of sp³-hybridized carbons (Fsp3) is 0.833. The predicted molar refractivity (Wildman–Crippen MR) is 66.1 cm³/mol. The van der Waals surface area contributed by atoms with Crippen molar-refractivity contribution in [2.75, 3.05) is 46.4 Å². The van der Waals surface area contributed by atoms with Crippen molar-refractivity contribution in [3.05, 3.63) is 0 Å². The van der Waals surface area contributed by atoms with Crippen molar-refractivity contribution < 1.29 is 14.3 Å². The molecule has 0 aromatic carbocycles. The topological polar surface area (TPSA) is 61.9 Å².